The second-order valence-electron chi connectivity index (χ2n) is 5.42. The standard InChI is InChI=1S/C13H24N2O.ClH/c1-13(8-4-5-9-14-13)12(16)15-10-6-2-3-7-11-15;/h14H,2-11H2,1H3;1H. The number of carbonyl (C=O) groups is 1. The highest BCUT2D eigenvalue weighted by Crippen LogP contribution is 2.23. The first-order chi connectivity index (χ1) is 7.72. The van der Waals surface area contributed by atoms with E-state index in [1.54, 1.807) is 0 Å². The largest absolute Gasteiger partial charge is 0.341 e. The third-order valence-electron chi connectivity index (χ3n) is 3.98. The molecule has 1 unspecified atom stereocenters. The van der Waals surface area contributed by atoms with Crippen LogP contribution in [0, 0.1) is 0 Å². The zero-order valence-corrected chi connectivity index (χ0v) is 11.7. The van der Waals surface area contributed by atoms with Crippen molar-refractivity contribution in [2.24, 2.45) is 0 Å². The maximum absolute atomic E-state index is 12.5. The second-order valence-corrected chi connectivity index (χ2v) is 5.42. The topological polar surface area (TPSA) is 32.3 Å². The van der Waals surface area contributed by atoms with E-state index in [-0.39, 0.29) is 17.9 Å². The van der Waals surface area contributed by atoms with Gasteiger partial charge in [-0.05, 0) is 45.6 Å². The summed E-state index contributed by atoms with van der Waals surface area (Å²) < 4.78 is 0. The fourth-order valence-electron chi connectivity index (χ4n) is 2.86. The van der Waals surface area contributed by atoms with Crippen LogP contribution in [0.5, 0.6) is 0 Å². The molecule has 0 aromatic heterocycles. The highest BCUT2D eigenvalue weighted by Gasteiger charge is 2.37. The summed E-state index contributed by atoms with van der Waals surface area (Å²) in [6, 6.07) is 0. The molecule has 0 aromatic carbocycles. The molecule has 3 nitrogen and oxygen atoms in total. The van der Waals surface area contributed by atoms with Gasteiger partial charge in [0.15, 0.2) is 0 Å². The van der Waals surface area contributed by atoms with Crippen LogP contribution in [0.4, 0.5) is 0 Å². The van der Waals surface area contributed by atoms with Gasteiger partial charge in [-0.1, -0.05) is 12.8 Å². The smallest absolute Gasteiger partial charge is 0.242 e. The Morgan fingerprint density at radius 1 is 1.06 bits per heavy atom. The van der Waals surface area contributed by atoms with Crippen LogP contribution in [0.3, 0.4) is 0 Å². The third kappa shape index (κ3) is 3.59. The van der Waals surface area contributed by atoms with Crippen LogP contribution in [0.25, 0.3) is 0 Å². The molecule has 2 rings (SSSR count). The van der Waals surface area contributed by atoms with Crippen molar-refractivity contribution < 1.29 is 4.79 Å². The minimum Gasteiger partial charge on any atom is -0.341 e. The van der Waals surface area contributed by atoms with Gasteiger partial charge >= 0.3 is 0 Å². The minimum absolute atomic E-state index is 0. The highest BCUT2D eigenvalue weighted by atomic mass is 35.5. The fraction of sp³-hybridized carbons (Fsp3) is 0.923. The summed E-state index contributed by atoms with van der Waals surface area (Å²) in [6.07, 6.45) is 8.33. The number of amides is 1. The number of hydrogen-bond acceptors (Lipinski definition) is 2. The van der Waals surface area contributed by atoms with E-state index >= 15 is 0 Å². The Bertz CT molecular complexity index is 244. The van der Waals surface area contributed by atoms with Gasteiger partial charge < -0.3 is 10.2 Å². The zero-order valence-electron chi connectivity index (χ0n) is 10.8. The Morgan fingerprint density at radius 2 is 1.71 bits per heavy atom. The maximum Gasteiger partial charge on any atom is 0.242 e. The van der Waals surface area contributed by atoms with Crippen LogP contribution in [0.1, 0.15) is 51.9 Å². The molecule has 0 spiro atoms. The molecular weight excluding hydrogens is 236 g/mol. The predicted octanol–water partition coefficient (Wildman–Crippen LogP) is 2.34. The summed E-state index contributed by atoms with van der Waals surface area (Å²) in [5.41, 5.74) is -0.275. The van der Waals surface area contributed by atoms with Gasteiger partial charge in [-0.2, -0.15) is 0 Å². The summed E-state index contributed by atoms with van der Waals surface area (Å²) in [4.78, 5) is 14.6. The number of carbonyl (C=O) groups excluding carboxylic acids is 1. The summed E-state index contributed by atoms with van der Waals surface area (Å²) in [6.45, 7) is 5.02. The second kappa shape index (κ2) is 6.60. The van der Waals surface area contributed by atoms with Gasteiger partial charge in [0.2, 0.25) is 5.91 Å². The van der Waals surface area contributed by atoms with Crippen molar-refractivity contribution in [2.45, 2.75) is 57.4 Å². The monoisotopic (exact) mass is 260 g/mol. The van der Waals surface area contributed by atoms with Crippen LogP contribution in [0.15, 0.2) is 0 Å². The van der Waals surface area contributed by atoms with Crippen molar-refractivity contribution in [3.8, 4) is 0 Å². The highest BCUT2D eigenvalue weighted by molar-refractivity contribution is 5.86. The molecule has 0 aromatic rings. The zero-order chi connectivity index (χ0) is 11.4. The Kier molecular flexibility index (Phi) is 5.74. The average molecular weight is 261 g/mol. The molecule has 2 heterocycles. The summed E-state index contributed by atoms with van der Waals surface area (Å²) >= 11 is 0. The van der Waals surface area contributed by atoms with Crippen molar-refractivity contribution >= 4 is 18.3 Å². The van der Waals surface area contributed by atoms with E-state index in [9.17, 15) is 4.79 Å². The van der Waals surface area contributed by atoms with Gasteiger partial charge in [0.05, 0.1) is 5.54 Å². The molecule has 0 aliphatic carbocycles. The summed E-state index contributed by atoms with van der Waals surface area (Å²) in [5, 5.41) is 3.42. The van der Waals surface area contributed by atoms with Crippen LogP contribution in [-0.2, 0) is 4.79 Å². The fourth-order valence-corrected chi connectivity index (χ4v) is 2.86. The summed E-state index contributed by atoms with van der Waals surface area (Å²) in [5.74, 6) is 0.342. The van der Waals surface area contributed by atoms with E-state index in [4.69, 9.17) is 0 Å². The van der Waals surface area contributed by atoms with Crippen molar-refractivity contribution in [1.29, 1.82) is 0 Å². The van der Waals surface area contributed by atoms with Crippen LogP contribution in [0.2, 0.25) is 0 Å². The first-order valence-electron chi connectivity index (χ1n) is 6.77. The van der Waals surface area contributed by atoms with Crippen LogP contribution in [-0.4, -0.2) is 36.0 Å². The molecule has 2 fully saturated rings. The van der Waals surface area contributed by atoms with Gasteiger partial charge in [-0.15, -0.1) is 12.4 Å². The normalized spacial score (nSPS) is 30.3. The van der Waals surface area contributed by atoms with Gasteiger partial charge in [0.1, 0.15) is 0 Å². The lowest BCUT2D eigenvalue weighted by Gasteiger charge is -2.37. The van der Waals surface area contributed by atoms with E-state index < -0.39 is 0 Å². The molecule has 2 saturated heterocycles. The Labute approximate surface area is 111 Å². The van der Waals surface area contributed by atoms with Gasteiger partial charge in [-0.3, -0.25) is 4.79 Å². The first kappa shape index (κ1) is 14.8. The number of halogens is 1. The predicted molar refractivity (Wildman–Crippen MR) is 72.6 cm³/mol. The number of likely N-dealkylation sites (tertiary alicyclic amines) is 1. The molecule has 4 heteroatoms. The van der Waals surface area contributed by atoms with Crippen molar-refractivity contribution in [3.05, 3.63) is 0 Å². The molecule has 1 N–H and O–H groups in total. The van der Waals surface area contributed by atoms with Crippen LogP contribution < -0.4 is 5.32 Å². The average Bonchev–Trinajstić information content (AvgIpc) is 2.57. The van der Waals surface area contributed by atoms with E-state index in [1.807, 2.05) is 0 Å². The molecule has 2 aliphatic rings. The Hall–Kier alpha value is -0.280. The Morgan fingerprint density at radius 3 is 2.24 bits per heavy atom. The maximum atomic E-state index is 12.5. The molecule has 1 atom stereocenters. The molecule has 0 bridgehead atoms. The van der Waals surface area contributed by atoms with Gasteiger partial charge in [-0.25, -0.2) is 0 Å². The molecule has 100 valence electrons. The molecule has 1 amide bonds. The van der Waals surface area contributed by atoms with E-state index in [0.29, 0.717) is 5.91 Å². The molecule has 0 saturated carbocycles. The molecular formula is C13H25ClN2O. The van der Waals surface area contributed by atoms with Crippen molar-refractivity contribution in [2.75, 3.05) is 19.6 Å². The number of nitrogens with one attached hydrogen (secondary N) is 1. The third-order valence-corrected chi connectivity index (χ3v) is 3.98. The van der Waals surface area contributed by atoms with E-state index in [1.165, 1.54) is 38.5 Å². The lowest BCUT2D eigenvalue weighted by Crippen LogP contribution is -2.58. The SMILES string of the molecule is CC1(C(=O)N2CCCCCC2)CCCCN1.Cl. The number of nitrogens with zero attached hydrogens (tertiary/aromatic N) is 1. The Balaban J connectivity index is 0.00000144. The summed E-state index contributed by atoms with van der Waals surface area (Å²) in [7, 11) is 0. The first-order valence-corrected chi connectivity index (χ1v) is 6.77. The van der Waals surface area contributed by atoms with Crippen molar-refractivity contribution in [3.63, 3.8) is 0 Å². The van der Waals surface area contributed by atoms with Gasteiger partial charge in [0, 0.05) is 13.1 Å². The number of piperidine rings is 1. The van der Waals surface area contributed by atoms with Crippen molar-refractivity contribution in [1.82, 2.24) is 10.2 Å². The molecule has 2 aliphatic heterocycles. The van der Waals surface area contributed by atoms with E-state index in [2.05, 4.69) is 17.1 Å². The molecule has 17 heavy (non-hydrogen) atoms. The van der Waals surface area contributed by atoms with E-state index in [0.717, 1.165) is 26.1 Å². The quantitative estimate of drug-likeness (QED) is 0.785. The number of rotatable bonds is 1. The molecule has 0 radical (unpaired) electrons. The number of hydrogen-bond donors (Lipinski definition) is 1. The lowest BCUT2D eigenvalue weighted by atomic mass is 9.89. The lowest BCUT2D eigenvalue weighted by molar-refractivity contribution is -0.138. The van der Waals surface area contributed by atoms with Gasteiger partial charge in [0.25, 0.3) is 0 Å². The van der Waals surface area contributed by atoms with Crippen LogP contribution >= 0.6 is 12.4 Å². The minimum atomic E-state index is -0.275.